The Morgan fingerprint density at radius 1 is 1.10 bits per heavy atom. The first kappa shape index (κ1) is 21.8. The first-order valence-corrected chi connectivity index (χ1v) is 11.3. The normalized spacial score (nSPS) is 21.2. The highest BCUT2D eigenvalue weighted by Gasteiger charge is 2.33. The van der Waals surface area contributed by atoms with E-state index >= 15 is 0 Å². The maximum Gasteiger partial charge on any atom is 0.247 e. The second-order valence-corrected chi connectivity index (χ2v) is 9.13. The number of hydrogen-bond donors (Lipinski definition) is 1. The molecule has 160 valence electrons. The van der Waals surface area contributed by atoms with Crippen LogP contribution in [0.5, 0.6) is 0 Å². The van der Waals surface area contributed by atoms with Crippen LogP contribution in [-0.2, 0) is 9.59 Å². The minimum Gasteiger partial charge on any atom is -0.352 e. The topological polar surface area (TPSA) is 52.7 Å². The van der Waals surface area contributed by atoms with E-state index < -0.39 is 6.04 Å². The summed E-state index contributed by atoms with van der Waals surface area (Å²) in [7, 11) is 0. The lowest BCUT2D eigenvalue weighted by molar-refractivity contribution is -0.142. The molecule has 0 radical (unpaired) electrons. The Bertz CT molecular complexity index is 668. The zero-order valence-corrected chi connectivity index (χ0v) is 18.3. The molecule has 2 unspecified atom stereocenters. The van der Waals surface area contributed by atoms with Gasteiger partial charge in [0.15, 0.2) is 0 Å². The summed E-state index contributed by atoms with van der Waals surface area (Å²) < 4.78 is 0. The maximum atomic E-state index is 13.3. The van der Waals surface area contributed by atoms with Gasteiger partial charge in [0, 0.05) is 25.6 Å². The van der Waals surface area contributed by atoms with Crippen LogP contribution in [0.15, 0.2) is 30.3 Å². The highest BCUT2D eigenvalue weighted by atomic mass is 16.2. The van der Waals surface area contributed by atoms with Crippen molar-refractivity contribution in [1.29, 1.82) is 0 Å². The van der Waals surface area contributed by atoms with Crippen molar-refractivity contribution in [3.05, 3.63) is 35.9 Å². The molecule has 2 atom stereocenters. The second-order valence-electron chi connectivity index (χ2n) is 9.13. The van der Waals surface area contributed by atoms with E-state index in [0.717, 1.165) is 37.4 Å². The second kappa shape index (κ2) is 10.2. The van der Waals surface area contributed by atoms with Crippen molar-refractivity contribution in [2.75, 3.05) is 26.2 Å². The standard InChI is InChI=1S/C24H37N3O2/c1-18(2)21(26-15-12-19(3)13-16-26)17-25-24(29)23(20-9-5-4-6-10-20)27-14-8-7-11-22(27)28/h4-6,9-10,18-19,21,23H,7-8,11-17H2,1-3H3,(H,25,29). The van der Waals surface area contributed by atoms with E-state index in [1.54, 1.807) is 4.90 Å². The molecule has 1 N–H and O–H groups in total. The van der Waals surface area contributed by atoms with Gasteiger partial charge in [-0.15, -0.1) is 0 Å². The van der Waals surface area contributed by atoms with E-state index in [9.17, 15) is 9.59 Å². The van der Waals surface area contributed by atoms with Gasteiger partial charge >= 0.3 is 0 Å². The van der Waals surface area contributed by atoms with Crippen molar-refractivity contribution < 1.29 is 9.59 Å². The number of nitrogens with one attached hydrogen (secondary N) is 1. The Morgan fingerprint density at radius 3 is 2.41 bits per heavy atom. The summed E-state index contributed by atoms with van der Waals surface area (Å²) >= 11 is 0. The average Bonchev–Trinajstić information content (AvgIpc) is 2.72. The summed E-state index contributed by atoms with van der Waals surface area (Å²) in [5, 5.41) is 3.21. The van der Waals surface area contributed by atoms with Gasteiger partial charge in [-0.25, -0.2) is 0 Å². The van der Waals surface area contributed by atoms with Gasteiger partial charge in [-0.2, -0.15) is 0 Å². The number of carbonyl (C=O) groups is 2. The summed E-state index contributed by atoms with van der Waals surface area (Å²) in [6.07, 6.45) is 4.87. The fraction of sp³-hybridized carbons (Fsp3) is 0.667. The Kier molecular flexibility index (Phi) is 7.70. The number of amides is 2. The lowest BCUT2D eigenvalue weighted by atomic mass is 9.94. The van der Waals surface area contributed by atoms with E-state index in [0.29, 0.717) is 31.5 Å². The summed E-state index contributed by atoms with van der Waals surface area (Å²) in [6, 6.07) is 9.54. The van der Waals surface area contributed by atoms with Crippen LogP contribution in [0.3, 0.4) is 0 Å². The van der Waals surface area contributed by atoms with Crippen LogP contribution in [0.25, 0.3) is 0 Å². The third kappa shape index (κ3) is 5.59. The SMILES string of the molecule is CC1CCN(C(CNC(=O)C(c2ccccc2)N2CCCCC2=O)C(C)C)CC1. The monoisotopic (exact) mass is 399 g/mol. The van der Waals surface area contributed by atoms with E-state index in [4.69, 9.17) is 0 Å². The molecular formula is C24H37N3O2. The van der Waals surface area contributed by atoms with E-state index in [1.807, 2.05) is 30.3 Å². The van der Waals surface area contributed by atoms with Gasteiger partial charge in [-0.1, -0.05) is 51.1 Å². The fourth-order valence-electron chi connectivity index (χ4n) is 4.66. The summed E-state index contributed by atoms with van der Waals surface area (Å²) in [4.78, 5) is 30.2. The van der Waals surface area contributed by atoms with Crippen LogP contribution < -0.4 is 5.32 Å². The van der Waals surface area contributed by atoms with Crippen molar-refractivity contribution in [1.82, 2.24) is 15.1 Å². The first-order chi connectivity index (χ1) is 14.0. The number of benzene rings is 1. The van der Waals surface area contributed by atoms with E-state index in [1.165, 1.54) is 12.8 Å². The van der Waals surface area contributed by atoms with E-state index in [2.05, 4.69) is 31.0 Å². The molecule has 5 nitrogen and oxygen atoms in total. The quantitative estimate of drug-likeness (QED) is 0.762. The van der Waals surface area contributed by atoms with Crippen molar-refractivity contribution in [2.24, 2.45) is 11.8 Å². The van der Waals surface area contributed by atoms with Gasteiger partial charge in [-0.05, 0) is 56.2 Å². The van der Waals surface area contributed by atoms with Gasteiger partial charge in [0.05, 0.1) is 0 Å². The molecule has 2 amide bonds. The highest BCUT2D eigenvalue weighted by molar-refractivity contribution is 5.89. The van der Waals surface area contributed by atoms with Crippen molar-refractivity contribution >= 4 is 11.8 Å². The predicted octanol–water partition coefficient (Wildman–Crippen LogP) is 3.61. The largest absolute Gasteiger partial charge is 0.352 e. The van der Waals surface area contributed by atoms with Gasteiger partial charge in [-0.3, -0.25) is 14.5 Å². The molecule has 2 saturated heterocycles. The average molecular weight is 400 g/mol. The van der Waals surface area contributed by atoms with Crippen LogP contribution in [0.4, 0.5) is 0 Å². The first-order valence-electron chi connectivity index (χ1n) is 11.3. The molecule has 0 aliphatic carbocycles. The molecule has 1 aromatic rings. The molecule has 1 aromatic carbocycles. The smallest absolute Gasteiger partial charge is 0.247 e. The summed E-state index contributed by atoms with van der Waals surface area (Å²) in [5.41, 5.74) is 0.896. The molecule has 29 heavy (non-hydrogen) atoms. The Hall–Kier alpha value is -1.88. The van der Waals surface area contributed by atoms with Gasteiger partial charge in [0.2, 0.25) is 11.8 Å². The zero-order valence-electron chi connectivity index (χ0n) is 18.3. The molecule has 2 fully saturated rings. The fourth-order valence-corrected chi connectivity index (χ4v) is 4.66. The molecule has 0 saturated carbocycles. The minimum absolute atomic E-state index is 0.0533. The van der Waals surface area contributed by atoms with Gasteiger partial charge < -0.3 is 10.2 Å². The number of likely N-dealkylation sites (tertiary alicyclic amines) is 2. The molecule has 2 heterocycles. The van der Waals surface area contributed by atoms with Crippen LogP contribution in [0.1, 0.15) is 64.5 Å². The molecule has 3 rings (SSSR count). The zero-order chi connectivity index (χ0) is 20.8. The maximum absolute atomic E-state index is 13.3. The Labute approximate surface area is 175 Å². The Morgan fingerprint density at radius 2 is 1.79 bits per heavy atom. The third-order valence-electron chi connectivity index (χ3n) is 6.58. The van der Waals surface area contributed by atoms with Gasteiger partial charge in [0.1, 0.15) is 6.04 Å². The summed E-state index contributed by atoms with van der Waals surface area (Å²) in [5.74, 6) is 1.30. The van der Waals surface area contributed by atoms with E-state index in [-0.39, 0.29) is 11.8 Å². The molecule has 0 bridgehead atoms. The number of nitrogens with zero attached hydrogens (tertiary/aromatic N) is 2. The van der Waals surface area contributed by atoms with Crippen LogP contribution in [0, 0.1) is 11.8 Å². The summed E-state index contributed by atoms with van der Waals surface area (Å²) in [6.45, 7) is 10.3. The lowest BCUT2D eigenvalue weighted by Crippen LogP contribution is -2.52. The predicted molar refractivity (Wildman–Crippen MR) is 116 cm³/mol. The van der Waals surface area contributed by atoms with Crippen molar-refractivity contribution in [3.8, 4) is 0 Å². The minimum atomic E-state index is -0.529. The van der Waals surface area contributed by atoms with Crippen LogP contribution in [-0.4, -0.2) is 53.8 Å². The van der Waals surface area contributed by atoms with Crippen molar-refractivity contribution in [2.45, 2.75) is 65.0 Å². The van der Waals surface area contributed by atoms with Gasteiger partial charge in [0.25, 0.3) is 0 Å². The number of rotatable bonds is 7. The molecule has 0 spiro atoms. The van der Waals surface area contributed by atoms with Crippen LogP contribution >= 0.6 is 0 Å². The van der Waals surface area contributed by atoms with Crippen LogP contribution in [0.2, 0.25) is 0 Å². The number of carbonyl (C=O) groups excluding carboxylic acids is 2. The molecule has 0 aromatic heterocycles. The number of piperidine rings is 2. The molecule has 2 aliphatic rings. The Balaban J connectivity index is 1.71. The lowest BCUT2D eigenvalue weighted by Gasteiger charge is -2.39. The molecule has 5 heteroatoms. The highest BCUT2D eigenvalue weighted by Crippen LogP contribution is 2.26. The molecular weight excluding hydrogens is 362 g/mol. The third-order valence-corrected chi connectivity index (χ3v) is 6.58. The van der Waals surface area contributed by atoms with Crippen molar-refractivity contribution in [3.63, 3.8) is 0 Å². The number of hydrogen-bond acceptors (Lipinski definition) is 3. The molecule has 2 aliphatic heterocycles.